The van der Waals surface area contributed by atoms with Crippen molar-refractivity contribution in [3.8, 4) is 0 Å². The first kappa shape index (κ1) is 14.2. The second-order valence-corrected chi connectivity index (χ2v) is 5.47. The van der Waals surface area contributed by atoms with Gasteiger partial charge in [0.15, 0.2) is 5.82 Å². The molecule has 114 valence electrons. The molecule has 0 aromatic carbocycles. The first-order chi connectivity index (χ1) is 10.3. The Morgan fingerprint density at radius 2 is 2.00 bits per heavy atom. The van der Waals surface area contributed by atoms with Gasteiger partial charge in [0.05, 0.1) is 13.1 Å². The molecule has 2 aromatic heterocycles. The number of nitrogens with zero attached hydrogens (tertiary/aromatic N) is 6. The second-order valence-electron chi connectivity index (χ2n) is 5.47. The number of rotatable bonds is 5. The van der Waals surface area contributed by atoms with E-state index in [9.17, 15) is 0 Å². The fourth-order valence-electron chi connectivity index (χ4n) is 2.69. The van der Waals surface area contributed by atoms with Crippen LogP contribution in [0.1, 0.15) is 18.1 Å². The maximum atomic E-state index is 5.03. The van der Waals surface area contributed by atoms with Gasteiger partial charge in [0.25, 0.3) is 0 Å². The molecule has 0 spiro atoms. The summed E-state index contributed by atoms with van der Waals surface area (Å²) in [5.74, 6) is 1.43. The van der Waals surface area contributed by atoms with E-state index in [2.05, 4.69) is 25.0 Å². The maximum Gasteiger partial charge on any atom is 0.223 e. The second kappa shape index (κ2) is 6.82. The van der Waals surface area contributed by atoms with E-state index in [4.69, 9.17) is 4.52 Å². The van der Waals surface area contributed by atoms with Crippen LogP contribution in [0.2, 0.25) is 0 Å². The minimum absolute atomic E-state index is 0.640. The van der Waals surface area contributed by atoms with Gasteiger partial charge < -0.3 is 9.42 Å². The van der Waals surface area contributed by atoms with Crippen molar-refractivity contribution in [3.63, 3.8) is 0 Å². The summed E-state index contributed by atoms with van der Waals surface area (Å²) in [4.78, 5) is 9.18. The topological polar surface area (TPSA) is 63.2 Å². The molecule has 0 bridgehead atoms. The van der Waals surface area contributed by atoms with Crippen molar-refractivity contribution in [2.45, 2.75) is 26.4 Å². The molecule has 21 heavy (non-hydrogen) atoms. The van der Waals surface area contributed by atoms with Crippen molar-refractivity contribution >= 4 is 0 Å². The molecule has 1 aliphatic heterocycles. The van der Waals surface area contributed by atoms with Crippen LogP contribution >= 0.6 is 0 Å². The van der Waals surface area contributed by atoms with Gasteiger partial charge in [0.1, 0.15) is 0 Å². The average molecular weight is 290 g/mol. The SMILES string of the molecule is Cc1nc(CN2CCCN(CCn3cccn3)CC2)no1. The van der Waals surface area contributed by atoms with Crippen molar-refractivity contribution in [2.75, 3.05) is 32.7 Å². The third kappa shape index (κ3) is 4.12. The molecular formula is C14H22N6O. The number of hydrogen-bond donors (Lipinski definition) is 0. The predicted octanol–water partition coefficient (Wildman–Crippen LogP) is 0.782. The smallest absolute Gasteiger partial charge is 0.223 e. The van der Waals surface area contributed by atoms with Crippen molar-refractivity contribution in [1.82, 2.24) is 29.7 Å². The van der Waals surface area contributed by atoms with E-state index < -0.39 is 0 Å². The molecule has 0 unspecified atom stereocenters. The lowest BCUT2D eigenvalue weighted by Crippen LogP contribution is -2.32. The fraction of sp³-hybridized carbons (Fsp3) is 0.643. The molecule has 0 atom stereocenters. The van der Waals surface area contributed by atoms with Gasteiger partial charge in [-0.3, -0.25) is 9.58 Å². The lowest BCUT2D eigenvalue weighted by Gasteiger charge is -2.20. The zero-order valence-corrected chi connectivity index (χ0v) is 12.5. The molecule has 2 aromatic rings. The third-order valence-corrected chi connectivity index (χ3v) is 3.82. The standard InChI is InChI=1S/C14H22N6O/c1-13-16-14(17-21-13)12-19-6-3-5-18(8-9-19)10-11-20-7-2-4-15-20/h2,4,7H,3,5-6,8-12H2,1H3. The highest BCUT2D eigenvalue weighted by atomic mass is 16.5. The van der Waals surface area contributed by atoms with Crippen LogP contribution < -0.4 is 0 Å². The van der Waals surface area contributed by atoms with Crippen LogP contribution in [0.5, 0.6) is 0 Å². The highest BCUT2D eigenvalue weighted by Gasteiger charge is 2.16. The number of aromatic nitrogens is 4. The van der Waals surface area contributed by atoms with Crippen molar-refractivity contribution in [3.05, 3.63) is 30.2 Å². The molecule has 1 saturated heterocycles. The fourth-order valence-corrected chi connectivity index (χ4v) is 2.69. The summed E-state index contributed by atoms with van der Waals surface area (Å²) < 4.78 is 7.02. The first-order valence-electron chi connectivity index (χ1n) is 7.51. The normalized spacial score (nSPS) is 18.0. The monoisotopic (exact) mass is 290 g/mol. The summed E-state index contributed by atoms with van der Waals surface area (Å²) in [6.07, 6.45) is 5.02. The number of hydrogen-bond acceptors (Lipinski definition) is 6. The van der Waals surface area contributed by atoms with E-state index in [0.29, 0.717) is 5.89 Å². The van der Waals surface area contributed by atoms with Gasteiger partial charge in [-0.1, -0.05) is 5.16 Å². The van der Waals surface area contributed by atoms with Crippen molar-refractivity contribution in [2.24, 2.45) is 0 Å². The van der Waals surface area contributed by atoms with Crippen molar-refractivity contribution in [1.29, 1.82) is 0 Å². The van der Waals surface area contributed by atoms with Crippen LogP contribution in [-0.2, 0) is 13.1 Å². The molecule has 1 aliphatic rings. The Labute approximate surface area is 124 Å². The van der Waals surface area contributed by atoms with Gasteiger partial charge in [-0.2, -0.15) is 10.1 Å². The molecule has 0 aliphatic carbocycles. The molecule has 7 heteroatoms. The van der Waals surface area contributed by atoms with Gasteiger partial charge in [0.2, 0.25) is 5.89 Å². The Morgan fingerprint density at radius 1 is 1.14 bits per heavy atom. The van der Waals surface area contributed by atoms with E-state index in [1.54, 1.807) is 0 Å². The van der Waals surface area contributed by atoms with Gasteiger partial charge in [-0.05, 0) is 25.6 Å². The Balaban J connectivity index is 1.45. The number of aryl methyl sites for hydroxylation is 1. The third-order valence-electron chi connectivity index (χ3n) is 3.82. The largest absolute Gasteiger partial charge is 0.340 e. The van der Waals surface area contributed by atoms with Gasteiger partial charge in [-0.25, -0.2) is 0 Å². The highest BCUT2D eigenvalue weighted by molar-refractivity contribution is 4.85. The van der Waals surface area contributed by atoms with Crippen LogP contribution in [0.15, 0.2) is 23.0 Å². The maximum absolute atomic E-state index is 5.03. The van der Waals surface area contributed by atoms with Crippen LogP contribution in [0.4, 0.5) is 0 Å². The van der Waals surface area contributed by atoms with E-state index in [-0.39, 0.29) is 0 Å². The van der Waals surface area contributed by atoms with Crippen LogP contribution in [-0.4, -0.2) is 62.4 Å². The lowest BCUT2D eigenvalue weighted by molar-refractivity contribution is 0.239. The highest BCUT2D eigenvalue weighted by Crippen LogP contribution is 2.07. The minimum Gasteiger partial charge on any atom is -0.340 e. The van der Waals surface area contributed by atoms with E-state index in [1.165, 1.54) is 6.42 Å². The molecule has 3 heterocycles. The summed E-state index contributed by atoms with van der Waals surface area (Å²) in [6, 6.07) is 1.97. The van der Waals surface area contributed by atoms with Crippen LogP contribution in [0, 0.1) is 6.92 Å². The summed E-state index contributed by atoms with van der Waals surface area (Å²) in [5.41, 5.74) is 0. The molecule has 0 radical (unpaired) electrons. The quantitative estimate of drug-likeness (QED) is 0.811. The lowest BCUT2D eigenvalue weighted by atomic mass is 10.3. The molecular weight excluding hydrogens is 268 g/mol. The molecule has 0 amide bonds. The van der Waals surface area contributed by atoms with Gasteiger partial charge in [-0.15, -0.1) is 0 Å². The van der Waals surface area contributed by atoms with Crippen LogP contribution in [0.25, 0.3) is 0 Å². The Kier molecular flexibility index (Phi) is 4.62. The predicted molar refractivity (Wildman–Crippen MR) is 77.6 cm³/mol. The van der Waals surface area contributed by atoms with Gasteiger partial charge >= 0.3 is 0 Å². The minimum atomic E-state index is 0.640. The summed E-state index contributed by atoms with van der Waals surface area (Å²) in [6.45, 7) is 8.98. The average Bonchev–Trinajstić information content (AvgIpc) is 3.07. The van der Waals surface area contributed by atoms with Gasteiger partial charge in [0, 0.05) is 39.0 Å². The Morgan fingerprint density at radius 3 is 2.76 bits per heavy atom. The summed E-state index contributed by atoms with van der Waals surface area (Å²) >= 11 is 0. The van der Waals surface area contributed by atoms with E-state index >= 15 is 0 Å². The molecule has 0 saturated carbocycles. The molecule has 0 N–H and O–H groups in total. The Bertz CT molecular complexity index is 537. The van der Waals surface area contributed by atoms with Crippen molar-refractivity contribution < 1.29 is 4.52 Å². The molecule has 7 nitrogen and oxygen atoms in total. The Hall–Kier alpha value is -1.73. The zero-order valence-electron chi connectivity index (χ0n) is 12.5. The van der Waals surface area contributed by atoms with E-state index in [0.717, 1.165) is 51.6 Å². The summed E-state index contributed by atoms with van der Waals surface area (Å²) in [7, 11) is 0. The molecule has 1 fully saturated rings. The van der Waals surface area contributed by atoms with Crippen LogP contribution in [0.3, 0.4) is 0 Å². The first-order valence-corrected chi connectivity index (χ1v) is 7.51. The summed E-state index contributed by atoms with van der Waals surface area (Å²) in [5, 5.41) is 8.23. The molecule has 3 rings (SSSR count). The van der Waals surface area contributed by atoms with E-state index in [1.807, 2.05) is 30.1 Å². The zero-order chi connectivity index (χ0) is 14.5.